The monoisotopic (exact) mass is 831 g/mol. The van der Waals surface area contributed by atoms with E-state index in [1.54, 1.807) is 18.8 Å². The quantitative estimate of drug-likeness (QED) is 0.116. The van der Waals surface area contributed by atoms with Gasteiger partial charge in [-0.05, 0) is 47.7 Å². The molecule has 0 nitrogen and oxygen atoms in total. The van der Waals surface area contributed by atoms with Gasteiger partial charge in [-0.15, -0.1) is 0 Å². The van der Waals surface area contributed by atoms with Crippen molar-refractivity contribution in [1.29, 1.82) is 0 Å². The minimum atomic E-state index is -0.446. The summed E-state index contributed by atoms with van der Waals surface area (Å²) in [5.41, 5.74) is 0. The van der Waals surface area contributed by atoms with Gasteiger partial charge in [0.2, 0.25) is 0 Å². The van der Waals surface area contributed by atoms with Crippen molar-refractivity contribution in [2.24, 2.45) is 0 Å². The summed E-state index contributed by atoms with van der Waals surface area (Å²) in [7, 11) is 3.72. The van der Waals surface area contributed by atoms with E-state index < -0.39 is 15.8 Å². The summed E-state index contributed by atoms with van der Waals surface area (Å²) in [6, 6.07) is 77.2. The van der Waals surface area contributed by atoms with Crippen molar-refractivity contribution in [3.63, 3.8) is 0 Å². The second kappa shape index (κ2) is 21.2. The minimum absolute atomic E-state index is 0.446. The van der Waals surface area contributed by atoms with Crippen molar-refractivity contribution in [2.75, 3.05) is 0 Å². The zero-order chi connectivity index (χ0) is 32.1. The van der Waals surface area contributed by atoms with E-state index in [4.69, 9.17) is 0 Å². The number of halogens is 1. The molecule has 46 heavy (non-hydrogen) atoms. The number of rotatable bonds is 6. The molecular formula is C42H35ClP2Pt. The SMILES string of the molecule is [Cl][Pt+].[c-]1ccccc1.c1ccc(P(c2ccccc2)c2ccccc2)cc1.c1ccc(P(c2ccccc2)c2ccccc2)cc1. The Bertz CT molecular complexity index is 1390. The number of hydrogen-bond donors (Lipinski definition) is 0. The molecule has 0 saturated carbocycles. The Hall–Kier alpha value is -3.62. The maximum atomic E-state index is 4.61. The smallest absolute Gasteiger partial charge is 0.0134 e. The fourth-order valence-corrected chi connectivity index (χ4v) is 9.31. The zero-order valence-corrected chi connectivity index (χ0v) is 30.1. The van der Waals surface area contributed by atoms with Crippen LogP contribution in [0.3, 0.4) is 0 Å². The number of benzene rings is 7. The minimum Gasteiger partial charge on any atom is -0.184 e. The van der Waals surface area contributed by atoms with E-state index in [1.807, 2.05) is 30.3 Å². The van der Waals surface area contributed by atoms with Crippen LogP contribution in [0.2, 0.25) is 0 Å². The normalized spacial score (nSPS) is 9.93. The maximum Gasteiger partial charge on any atom is -0.0134 e. The molecule has 0 radical (unpaired) electrons. The van der Waals surface area contributed by atoms with Crippen molar-refractivity contribution < 1.29 is 18.8 Å². The predicted octanol–water partition coefficient (Wildman–Crippen LogP) is 9.06. The van der Waals surface area contributed by atoms with Crippen LogP contribution in [-0.4, -0.2) is 0 Å². The second-order valence-electron chi connectivity index (χ2n) is 9.76. The third-order valence-corrected chi connectivity index (χ3v) is 11.6. The first-order valence-corrected chi connectivity index (χ1v) is 20.3. The van der Waals surface area contributed by atoms with E-state index >= 15 is 0 Å². The van der Waals surface area contributed by atoms with Crippen LogP contribution >= 0.6 is 25.3 Å². The Kier molecular flexibility index (Phi) is 16.3. The Labute approximate surface area is 292 Å². The van der Waals surface area contributed by atoms with Crippen LogP contribution in [0.5, 0.6) is 0 Å². The van der Waals surface area contributed by atoms with E-state index in [-0.39, 0.29) is 0 Å². The van der Waals surface area contributed by atoms with Crippen molar-refractivity contribution in [3.05, 3.63) is 218 Å². The summed E-state index contributed by atoms with van der Waals surface area (Å²) in [6.45, 7) is 0. The fourth-order valence-electron chi connectivity index (χ4n) is 4.70. The predicted molar refractivity (Wildman–Crippen MR) is 201 cm³/mol. The molecule has 0 N–H and O–H groups in total. The van der Waals surface area contributed by atoms with E-state index in [2.05, 4.69) is 197 Å². The van der Waals surface area contributed by atoms with E-state index in [0.29, 0.717) is 0 Å². The molecule has 0 aromatic heterocycles. The van der Waals surface area contributed by atoms with Gasteiger partial charge in [-0.25, -0.2) is 0 Å². The van der Waals surface area contributed by atoms with Crippen LogP contribution in [0, 0.1) is 6.07 Å². The largest absolute Gasteiger partial charge is 0.184 e. The molecule has 7 aromatic rings. The van der Waals surface area contributed by atoms with Gasteiger partial charge in [0.1, 0.15) is 0 Å². The van der Waals surface area contributed by atoms with Crippen molar-refractivity contribution >= 4 is 57.1 Å². The van der Waals surface area contributed by atoms with Crippen LogP contribution in [0.4, 0.5) is 0 Å². The molecule has 7 aromatic carbocycles. The van der Waals surface area contributed by atoms with Gasteiger partial charge in [-0.3, -0.25) is 0 Å². The topological polar surface area (TPSA) is 0 Å². The Balaban J connectivity index is 0.000000169. The van der Waals surface area contributed by atoms with Gasteiger partial charge < -0.3 is 0 Å². The van der Waals surface area contributed by atoms with Crippen molar-refractivity contribution in [1.82, 2.24) is 0 Å². The molecule has 0 aliphatic rings. The van der Waals surface area contributed by atoms with E-state index in [0.717, 1.165) is 0 Å². The Morgan fingerprint density at radius 2 is 0.457 bits per heavy atom. The van der Waals surface area contributed by atoms with Crippen LogP contribution in [0.25, 0.3) is 0 Å². The molecule has 4 heteroatoms. The number of hydrogen-bond acceptors (Lipinski definition) is 0. The van der Waals surface area contributed by atoms with Crippen molar-refractivity contribution in [3.8, 4) is 0 Å². The first-order valence-electron chi connectivity index (χ1n) is 14.8. The molecule has 0 aliphatic carbocycles. The zero-order valence-electron chi connectivity index (χ0n) is 25.3. The van der Waals surface area contributed by atoms with Gasteiger partial charge in [0, 0.05) is 0 Å². The molecule has 0 spiro atoms. The third kappa shape index (κ3) is 11.3. The summed E-state index contributed by atoms with van der Waals surface area (Å²) in [5.74, 6) is 0. The van der Waals surface area contributed by atoms with Gasteiger partial charge in [0.15, 0.2) is 0 Å². The molecule has 0 aliphatic heterocycles. The third-order valence-electron chi connectivity index (χ3n) is 6.69. The summed E-state index contributed by atoms with van der Waals surface area (Å²) in [4.78, 5) is 0. The summed E-state index contributed by atoms with van der Waals surface area (Å²) in [5, 5.41) is 8.39. The van der Waals surface area contributed by atoms with E-state index in [1.165, 1.54) is 31.8 Å². The summed E-state index contributed by atoms with van der Waals surface area (Å²) in [6.07, 6.45) is 0. The molecule has 0 atom stereocenters. The molecule has 7 rings (SSSR count). The molecule has 0 fully saturated rings. The molecule has 0 bridgehead atoms. The molecule has 0 unspecified atom stereocenters. The van der Waals surface area contributed by atoms with Crippen LogP contribution < -0.4 is 31.8 Å². The van der Waals surface area contributed by atoms with Crippen molar-refractivity contribution in [2.45, 2.75) is 0 Å². The fraction of sp³-hybridized carbons (Fsp3) is 0. The molecule has 0 heterocycles. The molecule has 0 saturated heterocycles. The van der Waals surface area contributed by atoms with Gasteiger partial charge in [0.05, 0.1) is 0 Å². The Morgan fingerprint density at radius 3 is 0.587 bits per heavy atom. The summed E-state index contributed by atoms with van der Waals surface area (Å²) >= 11 is 1.61. The van der Waals surface area contributed by atoms with E-state index in [9.17, 15) is 0 Å². The maximum absolute atomic E-state index is 4.61. The standard InChI is InChI=1S/2C18H15P.C6H5.ClH.Pt/c2*1-4-10-16(11-5-1)19(17-12-6-2-7-13-17)18-14-8-3-9-15-18;1-2-4-6-5-3-1;;/h2*1-15H;1-5H;1H;/q;;-1;;+2/p-1. The molecular weight excluding hydrogens is 797 g/mol. The van der Waals surface area contributed by atoms with Crippen LogP contribution in [0.15, 0.2) is 212 Å². The molecule has 230 valence electrons. The first kappa shape index (κ1) is 35.2. The van der Waals surface area contributed by atoms with Crippen LogP contribution in [0.1, 0.15) is 0 Å². The van der Waals surface area contributed by atoms with Gasteiger partial charge in [-0.2, -0.15) is 36.4 Å². The summed E-state index contributed by atoms with van der Waals surface area (Å²) < 4.78 is 0. The average molecular weight is 832 g/mol. The average Bonchev–Trinajstić information content (AvgIpc) is 3.17. The second-order valence-corrected chi connectivity index (χ2v) is 14.2. The van der Waals surface area contributed by atoms with Gasteiger partial charge >= 0.3 is 28.2 Å². The first-order chi connectivity index (χ1) is 22.9. The Morgan fingerprint density at radius 1 is 0.283 bits per heavy atom. The van der Waals surface area contributed by atoms with Gasteiger partial charge in [0.25, 0.3) is 0 Å². The van der Waals surface area contributed by atoms with Crippen LogP contribution in [-0.2, 0) is 18.8 Å². The van der Waals surface area contributed by atoms with Gasteiger partial charge in [-0.1, -0.05) is 182 Å². The molecule has 0 amide bonds.